The maximum Gasteiger partial charge on any atom is 0.252 e. The highest BCUT2D eigenvalue weighted by Gasteiger charge is 2.20. The number of benzene rings is 3. The number of hydrogen-bond acceptors (Lipinski definition) is 2. The van der Waals surface area contributed by atoms with E-state index in [1.807, 2.05) is 56.3 Å². The fourth-order valence-electron chi connectivity index (χ4n) is 3.63. The Bertz CT molecular complexity index is 1160. The summed E-state index contributed by atoms with van der Waals surface area (Å²) in [5.41, 5.74) is 6.11. The molecule has 29 heavy (non-hydrogen) atoms. The number of rotatable bonds is 5. The Morgan fingerprint density at radius 2 is 1.66 bits per heavy atom. The molecule has 1 heterocycles. The van der Waals surface area contributed by atoms with Gasteiger partial charge in [-0.1, -0.05) is 60.2 Å². The van der Waals surface area contributed by atoms with E-state index in [0.29, 0.717) is 12.1 Å². The normalized spacial score (nSPS) is 12.1. The van der Waals surface area contributed by atoms with Crippen molar-refractivity contribution < 1.29 is 4.79 Å². The molecule has 1 N–H and O–H groups in total. The van der Waals surface area contributed by atoms with E-state index >= 15 is 0 Å². The molecule has 4 rings (SSSR count). The van der Waals surface area contributed by atoms with Crippen LogP contribution in [0.2, 0.25) is 0 Å². The van der Waals surface area contributed by atoms with Gasteiger partial charge in [-0.05, 0) is 50.1 Å². The van der Waals surface area contributed by atoms with Gasteiger partial charge in [-0.3, -0.25) is 4.79 Å². The predicted octanol–water partition coefficient (Wildman–Crippen LogP) is 5.19. The molecular formula is C25H25N3O. The van der Waals surface area contributed by atoms with E-state index in [9.17, 15) is 4.79 Å². The maximum atomic E-state index is 12.8. The number of nitrogens with zero attached hydrogens (tertiary/aromatic N) is 2. The molecule has 0 aliphatic heterocycles. The summed E-state index contributed by atoms with van der Waals surface area (Å²) < 4.78 is 2.20. The van der Waals surface area contributed by atoms with Crippen molar-refractivity contribution in [3.8, 4) is 0 Å². The van der Waals surface area contributed by atoms with Crippen molar-refractivity contribution in [1.29, 1.82) is 0 Å². The van der Waals surface area contributed by atoms with Crippen molar-refractivity contribution in [2.24, 2.45) is 0 Å². The van der Waals surface area contributed by atoms with Crippen molar-refractivity contribution in [3.63, 3.8) is 0 Å². The number of aryl methyl sites for hydroxylation is 2. The highest BCUT2D eigenvalue weighted by Crippen LogP contribution is 2.23. The summed E-state index contributed by atoms with van der Waals surface area (Å²) in [6.07, 6.45) is 0. The lowest BCUT2D eigenvalue weighted by molar-refractivity contribution is 0.0937. The molecule has 0 saturated carbocycles. The van der Waals surface area contributed by atoms with Crippen LogP contribution in [0.25, 0.3) is 11.0 Å². The molecule has 3 aromatic carbocycles. The number of amides is 1. The minimum Gasteiger partial charge on any atom is -0.342 e. The Balaban J connectivity index is 1.68. The van der Waals surface area contributed by atoms with Gasteiger partial charge in [0.1, 0.15) is 5.82 Å². The van der Waals surface area contributed by atoms with Crippen LogP contribution in [0.15, 0.2) is 72.8 Å². The van der Waals surface area contributed by atoms with E-state index < -0.39 is 0 Å². The standard InChI is InChI=1S/C25H25N3O/c1-17-12-14-20(15-13-17)16-28-23-11-7-6-10-22(23)27-24(28)19(3)26-25(29)21-9-5-4-8-18(21)2/h4-15,19H,16H2,1-3H3,(H,26,29). The molecule has 1 amide bonds. The second kappa shape index (κ2) is 7.92. The van der Waals surface area contributed by atoms with E-state index in [0.717, 1.165) is 22.4 Å². The molecule has 4 nitrogen and oxygen atoms in total. The van der Waals surface area contributed by atoms with E-state index in [1.54, 1.807) is 0 Å². The van der Waals surface area contributed by atoms with Gasteiger partial charge in [0.25, 0.3) is 5.91 Å². The molecule has 146 valence electrons. The average molecular weight is 383 g/mol. The van der Waals surface area contributed by atoms with Crippen LogP contribution >= 0.6 is 0 Å². The van der Waals surface area contributed by atoms with Crippen molar-refractivity contribution in [2.45, 2.75) is 33.4 Å². The third-order valence-corrected chi connectivity index (χ3v) is 5.27. The first-order chi connectivity index (χ1) is 14.0. The Labute approximate surface area is 171 Å². The molecule has 0 radical (unpaired) electrons. The number of fused-ring (bicyclic) bond motifs is 1. The van der Waals surface area contributed by atoms with Gasteiger partial charge in [0.15, 0.2) is 0 Å². The lowest BCUT2D eigenvalue weighted by Crippen LogP contribution is -2.29. The van der Waals surface area contributed by atoms with Crippen LogP contribution in [0.4, 0.5) is 0 Å². The van der Waals surface area contributed by atoms with E-state index in [1.165, 1.54) is 11.1 Å². The summed E-state index contributed by atoms with van der Waals surface area (Å²) in [4.78, 5) is 17.7. The quantitative estimate of drug-likeness (QED) is 0.515. The molecular weight excluding hydrogens is 358 g/mol. The van der Waals surface area contributed by atoms with Crippen molar-refractivity contribution >= 4 is 16.9 Å². The van der Waals surface area contributed by atoms with Crippen LogP contribution in [0.5, 0.6) is 0 Å². The van der Waals surface area contributed by atoms with Crippen LogP contribution < -0.4 is 5.32 Å². The second-order valence-electron chi connectivity index (χ2n) is 7.54. The summed E-state index contributed by atoms with van der Waals surface area (Å²) in [5.74, 6) is 0.776. The van der Waals surface area contributed by atoms with Crippen molar-refractivity contribution in [3.05, 3.63) is 101 Å². The predicted molar refractivity (Wildman–Crippen MR) is 117 cm³/mol. The molecule has 4 aromatic rings. The number of carbonyl (C=O) groups is 1. The average Bonchev–Trinajstić information content (AvgIpc) is 3.08. The van der Waals surface area contributed by atoms with Crippen LogP contribution in [0, 0.1) is 13.8 Å². The second-order valence-corrected chi connectivity index (χ2v) is 7.54. The number of aromatic nitrogens is 2. The summed E-state index contributed by atoms with van der Waals surface area (Å²) in [7, 11) is 0. The summed E-state index contributed by atoms with van der Waals surface area (Å²) in [6, 6.07) is 24.1. The largest absolute Gasteiger partial charge is 0.342 e. The van der Waals surface area contributed by atoms with E-state index in [-0.39, 0.29) is 11.9 Å². The van der Waals surface area contributed by atoms with Gasteiger partial charge < -0.3 is 9.88 Å². The highest BCUT2D eigenvalue weighted by molar-refractivity contribution is 5.95. The Hall–Kier alpha value is -3.40. The molecule has 0 saturated heterocycles. The number of nitrogens with one attached hydrogen (secondary N) is 1. The van der Waals surface area contributed by atoms with E-state index in [2.05, 4.69) is 47.1 Å². The third-order valence-electron chi connectivity index (χ3n) is 5.27. The lowest BCUT2D eigenvalue weighted by Gasteiger charge is -2.17. The van der Waals surface area contributed by atoms with Gasteiger partial charge in [0, 0.05) is 12.1 Å². The molecule has 4 heteroatoms. The van der Waals surface area contributed by atoms with Gasteiger partial charge in [-0.25, -0.2) is 4.98 Å². The first-order valence-electron chi connectivity index (χ1n) is 9.90. The zero-order valence-electron chi connectivity index (χ0n) is 17.0. The smallest absolute Gasteiger partial charge is 0.252 e. The molecule has 0 spiro atoms. The number of imidazole rings is 1. The minimum absolute atomic E-state index is 0.0791. The molecule has 1 unspecified atom stereocenters. The zero-order valence-corrected chi connectivity index (χ0v) is 17.0. The van der Waals surface area contributed by atoms with Crippen LogP contribution in [0.1, 0.15) is 45.8 Å². The Morgan fingerprint density at radius 3 is 2.41 bits per heavy atom. The first kappa shape index (κ1) is 18.9. The molecule has 1 aromatic heterocycles. The molecule has 0 fully saturated rings. The topological polar surface area (TPSA) is 46.9 Å². The van der Waals surface area contributed by atoms with Crippen molar-refractivity contribution in [1.82, 2.24) is 14.9 Å². The number of carbonyl (C=O) groups excluding carboxylic acids is 1. The van der Waals surface area contributed by atoms with Crippen LogP contribution in [0.3, 0.4) is 0 Å². The molecule has 0 aliphatic carbocycles. The molecule has 0 aliphatic rings. The maximum absolute atomic E-state index is 12.8. The fraction of sp³-hybridized carbons (Fsp3) is 0.200. The first-order valence-corrected chi connectivity index (χ1v) is 9.90. The summed E-state index contributed by atoms with van der Waals surface area (Å²) in [6.45, 7) is 6.74. The van der Waals surface area contributed by atoms with Gasteiger partial charge in [-0.15, -0.1) is 0 Å². The number of hydrogen-bond donors (Lipinski definition) is 1. The monoisotopic (exact) mass is 383 g/mol. The van der Waals surface area contributed by atoms with Gasteiger partial charge in [-0.2, -0.15) is 0 Å². The Kier molecular flexibility index (Phi) is 5.17. The van der Waals surface area contributed by atoms with Crippen molar-refractivity contribution in [2.75, 3.05) is 0 Å². The SMILES string of the molecule is Cc1ccc(Cn2c(C(C)NC(=O)c3ccccc3C)nc3ccccc32)cc1. The summed E-state index contributed by atoms with van der Waals surface area (Å²) in [5, 5.41) is 3.13. The third kappa shape index (κ3) is 3.92. The van der Waals surface area contributed by atoms with E-state index in [4.69, 9.17) is 4.98 Å². The minimum atomic E-state index is -0.222. The van der Waals surface area contributed by atoms with Gasteiger partial charge in [0.05, 0.1) is 17.1 Å². The van der Waals surface area contributed by atoms with Crippen LogP contribution in [-0.2, 0) is 6.54 Å². The fourth-order valence-corrected chi connectivity index (χ4v) is 3.63. The lowest BCUT2D eigenvalue weighted by atomic mass is 10.1. The van der Waals surface area contributed by atoms with Crippen LogP contribution in [-0.4, -0.2) is 15.5 Å². The number of para-hydroxylation sites is 2. The highest BCUT2D eigenvalue weighted by atomic mass is 16.1. The van der Waals surface area contributed by atoms with Gasteiger partial charge >= 0.3 is 0 Å². The van der Waals surface area contributed by atoms with Gasteiger partial charge in [0.2, 0.25) is 0 Å². The summed E-state index contributed by atoms with van der Waals surface area (Å²) >= 11 is 0. The zero-order chi connectivity index (χ0) is 20.4. The molecule has 0 bridgehead atoms. The molecule has 1 atom stereocenters. The Morgan fingerprint density at radius 1 is 0.966 bits per heavy atom.